The van der Waals surface area contributed by atoms with E-state index in [1.165, 1.54) is 18.2 Å². The molecule has 3 aromatic carbocycles. The summed E-state index contributed by atoms with van der Waals surface area (Å²) in [5.74, 6) is -2.08. The Bertz CT molecular complexity index is 1350. The van der Waals surface area contributed by atoms with Gasteiger partial charge >= 0.3 is 6.09 Å². The van der Waals surface area contributed by atoms with E-state index in [1.807, 2.05) is 48.5 Å². The minimum absolute atomic E-state index is 0.0392. The Morgan fingerprint density at radius 1 is 1.00 bits per heavy atom. The van der Waals surface area contributed by atoms with Crippen LogP contribution in [-0.2, 0) is 33.7 Å². The zero-order valence-corrected chi connectivity index (χ0v) is 22.3. The first-order valence-corrected chi connectivity index (χ1v) is 12.8. The van der Waals surface area contributed by atoms with Crippen molar-refractivity contribution in [3.8, 4) is 0 Å². The highest BCUT2D eigenvalue weighted by Crippen LogP contribution is 2.42. The molecule has 2 N–H and O–H groups in total. The lowest BCUT2D eigenvalue weighted by Crippen LogP contribution is -2.36. The number of halogens is 2. The van der Waals surface area contributed by atoms with Gasteiger partial charge in [-0.05, 0) is 67.1 Å². The van der Waals surface area contributed by atoms with Crippen LogP contribution in [-0.4, -0.2) is 23.4 Å². The predicted octanol–water partition coefficient (Wildman–Crippen LogP) is 5.81. The summed E-state index contributed by atoms with van der Waals surface area (Å²) in [7, 11) is 0. The average Bonchev–Trinajstić information content (AvgIpc) is 3.22. The van der Waals surface area contributed by atoms with Crippen molar-refractivity contribution >= 4 is 29.4 Å². The molecule has 0 bridgehead atoms. The van der Waals surface area contributed by atoms with Crippen LogP contribution in [0.15, 0.2) is 66.7 Å². The van der Waals surface area contributed by atoms with Crippen LogP contribution in [0, 0.1) is 5.82 Å². The number of fused-ring (bicyclic) bond motifs is 1. The van der Waals surface area contributed by atoms with Gasteiger partial charge in [-0.3, -0.25) is 9.59 Å². The number of hydrogen-bond donors (Lipinski definition) is 2. The molecule has 6 nitrogen and oxygen atoms in total. The standard InChI is InChI=1S/C30H30ClFN2O4/c1-30(2,3)38-29(37)33-17-18-8-11-20(12-9-18)23-16-21-6-4-5-7-22(21)27(23)34-28(36)26(35)15-19-10-13-24(31)25(32)14-19/h4-14,23,27H,15-17H2,1-3H3,(H,33,37)(H,34,36)/t23?,27-/m0/s1. The van der Waals surface area contributed by atoms with E-state index in [1.54, 1.807) is 20.8 Å². The van der Waals surface area contributed by atoms with Crippen LogP contribution in [0.3, 0.4) is 0 Å². The SMILES string of the molecule is CC(C)(C)OC(=O)NCc1ccc(C2Cc3ccccc3[C@@H]2NC(=O)C(=O)Cc2ccc(Cl)c(F)c2)cc1. The summed E-state index contributed by atoms with van der Waals surface area (Å²) in [5, 5.41) is 5.63. The third-order valence-electron chi connectivity index (χ3n) is 6.36. The van der Waals surface area contributed by atoms with Crippen molar-refractivity contribution in [3.05, 3.63) is 105 Å². The van der Waals surface area contributed by atoms with Crippen LogP contribution >= 0.6 is 11.6 Å². The summed E-state index contributed by atoms with van der Waals surface area (Å²) in [5.41, 5.74) is 3.78. The summed E-state index contributed by atoms with van der Waals surface area (Å²) in [6.45, 7) is 5.74. The van der Waals surface area contributed by atoms with E-state index < -0.39 is 35.2 Å². The molecule has 0 saturated carbocycles. The molecule has 38 heavy (non-hydrogen) atoms. The quantitative estimate of drug-likeness (QED) is 0.373. The lowest BCUT2D eigenvalue weighted by molar-refractivity contribution is -0.138. The Labute approximate surface area is 226 Å². The molecule has 0 aliphatic heterocycles. The zero-order chi connectivity index (χ0) is 27.4. The van der Waals surface area contributed by atoms with Gasteiger partial charge in [0.1, 0.15) is 11.4 Å². The molecule has 8 heteroatoms. The molecule has 1 unspecified atom stereocenters. The molecular weight excluding hydrogens is 507 g/mol. The Balaban J connectivity index is 1.45. The molecule has 2 amide bonds. The molecule has 198 valence electrons. The van der Waals surface area contributed by atoms with Crippen LogP contribution in [0.5, 0.6) is 0 Å². The van der Waals surface area contributed by atoms with E-state index in [0.29, 0.717) is 18.5 Å². The van der Waals surface area contributed by atoms with Crippen molar-refractivity contribution < 1.29 is 23.5 Å². The van der Waals surface area contributed by atoms with Crippen LogP contribution in [0.4, 0.5) is 9.18 Å². The summed E-state index contributed by atoms with van der Waals surface area (Å²) >= 11 is 5.72. The molecule has 0 saturated heterocycles. The molecule has 4 rings (SSSR count). The highest BCUT2D eigenvalue weighted by Gasteiger charge is 2.35. The topological polar surface area (TPSA) is 84.5 Å². The van der Waals surface area contributed by atoms with Crippen molar-refractivity contribution in [1.29, 1.82) is 0 Å². The summed E-state index contributed by atoms with van der Waals surface area (Å²) < 4.78 is 19.1. The van der Waals surface area contributed by atoms with Gasteiger partial charge in [-0.1, -0.05) is 66.2 Å². The highest BCUT2D eigenvalue weighted by molar-refractivity contribution is 6.36. The van der Waals surface area contributed by atoms with Crippen LogP contribution in [0.25, 0.3) is 0 Å². The van der Waals surface area contributed by atoms with E-state index in [4.69, 9.17) is 16.3 Å². The number of hydrogen-bond acceptors (Lipinski definition) is 4. The number of carbonyl (C=O) groups is 3. The molecule has 0 fully saturated rings. The number of nitrogens with one attached hydrogen (secondary N) is 2. The number of rotatable bonds is 7. The number of amides is 2. The number of benzene rings is 3. The number of ether oxygens (including phenoxy) is 1. The first-order valence-electron chi connectivity index (χ1n) is 12.4. The minimum atomic E-state index is -0.717. The number of carbonyl (C=O) groups excluding carboxylic acids is 3. The molecular formula is C30H30ClFN2O4. The Hall–Kier alpha value is -3.71. The minimum Gasteiger partial charge on any atom is -0.444 e. The molecule has 1 aliphatic carbocycles. The van der Waals surface area contributed by atoms with Gasteiger partial charge in [-0.2, -0.15) is 0 Å². The van der Waals surface area contributed by atoms with Gasteiger partial charge in [0.05, 0.1) is 11.1 Å². The molecule has 0 aromatic heterocycles. The molecule has 1 aliphatic rings. The largest absolute Gasteiger partial charge is 0.444 e. The molecule has 0 spiro atoms. The molecule has 0 heterocycles. The Kier molecular flexibility index (Phi) is 8.17. The number of Topliss-reactive ketones (excluding diaryl/α,β-unsaturated/α-hetero) is 1. The Morgan fingerprint density at radius 3 is 2.37 bits per heavy atom. The lowest BCUT2D eigenvalue weighted by atomic mass is 9.91. The zero-order valence-electron chi connectivity index (χ0n) is 21.5. The van der Waals surface area contributed by atoms with Gasteiger partial charge in [0.15, 0.2) is 0 Å². The van der Waals surface area contributed by atoms with Gasteiger partial charge in [0, 0.05) is 18.9 Å². The van der Waals surface area contributed by atoms with Crippen LogP contribution in [0.2, 0.25) is 5.02 Å². The van der Waals surface area contributed by atoms with Gasteiger partial charge in [0.2, 0.25) is 5.78 Å². The van der Waals surface area contributed by atoms with Gasteiger partial charge in [0.25, 0.3) is 5.91 Å². The first-order chi connectivity index (χ1) is 18.0. The van der Waals surface area contributed by atoms with Crippen LogP contribution < -0.4 is 10.6 Å². The average molecular weight is 537 g/mol. The highest BCUT2D eigenvalue weighted by atomic mass is 35.5. The maximum absolute atomic E-state index is 13.8. The molecule has 0 radical (unpaired) electrons. The van der Waals surface area contributed by atoms with Crippen molar-refractivity contribution in [3.63, 3.8) is 0 Å². The third-order valence-corrected chi connectivity index (χ3v) is 6.67. The van der Waals surface area contributed by atoms with E-state index in [2.05, 4.69) is 10.6 Å². The van der Waals surface area contributed by atoms with E-state index in [0.717, 1.165) is 22.3 Å². The second kappa shape index (κ2) is 11.4. The van der Waals surface area contributed by atoms with E-state index >= 15 is 0 Å². The predicted molar refractivity (Wildman–Crippen MR) is 143 cm³/mol. The second-order valence-electron chi connectivity index (χ2n) is 10.4. The maximum Gasteiger partial charge on any atom is 0.407 e. The summed E-state index contributed by atoms with van der Waals surface area (Å²) in [6.07, 6.45) is -0.00694. The van der Waals surface area contributed by atoms with Crippen molar-refractivity contribution in [1.82, 2.24) is 10.6 Å². The fraction of sp³-hybridized carbons (Fsp3) is 0.300. The maximum atomic E-state index is 13.8. The normalized spacial score (nSPS) is 16.4. The van der Waals surface area contributed by atoms with Crippen molar-refractivity contribution in [2.24, 2.45) is 0 Å². The summed E-state index contributed by atoms with van der Waals surface area (Å²) in [4.78, 5) is 37.6. The fourth-order valence-corrected chi connectivity index (χ4v) is 4.71. The number of ketones is 1. The summed E-state index contributed by atoms with van der Waals surface area (Å²) in [6, 6.07) is 19.3. The third kappa shape index (κ3) is 6.78. The van der Waals surface area contributed by atoms with Crippen molar-refractivity contribution in [2.45, 2.75) is 57.7 Å². The van der Waals surface area contributed by atoms with Gasteiger partial charge < -0.3 is 15.4 Å². The van der Waals surface area contributed by atoms with Gasteiger partial charge in [-0.15, -0.1) is 0 Å². The Morgan fingerprint density at radius 2 is 1.68 bits per heavy atom. The van der Waals surface area contributed by atoms with E-state index in [9.17, 15) is 18.8 Å². The lowest BCUT2D eigenvalue weighted by Gasteiger charge is -2.23. The monoisotopic (exact) mass is 536 g/mol. The van der Waals surface area contributed by atoms with E-state index in [-0.39, 0.29) is 17.4 Å². The number of alkyl carbamates (subject to hydrolysis) is 1. The second-order valence-corrected chi connectivity index (χ2v) is 10.8. The molecule has 2 atom stereocenters. The molecule has 3 aromatic rings. The van der Waals surface area contributed by atoms with Crippen molar-refractivity contribution in [2.75, 3.05) is 0 Å². The smallest absolute Gasteiger partial charge is 0.407 e. The first kappa shape index (κ1) is 27.3. The van der Waals surface area contributed by atoms with Crippen LogP contribution in [0.1, 0.15) is 60.5 Å². The fourth-order valence-electron chi connectivity index (χ4n) is 4.59. The van der Waals surface area contributed by atoms with Gasteiger partial charge in [-0.25, -0.2) is 9.18 Å².